The fraction of sp³-hybridized carbons (Fsp3) is 0.367. The summed E-state index contributed by atoms with van der Waals surface area (Å²) in [5.74, 6) is -1.79. The molecular formula is C30H38O6. The third kappa shape index (κ3) is 7.67. The van der Waals surface area contributed by atoms with Crippen LogP contribution in [-0.2, 0) is 19.3 Å². The molecule has 0 amide bonds. The number of allylic oxidation sites excluding steroid dienone is 6. The van der Waals surface area contributed by atoms with E-state index in [9.17, 15) is 30.3 Å². The number of carbonyl (C=O) groups excluding carboxylic acids is 1. The first-order chi connectivity index (χ1) is 16.9. The number of Topliss-reactive ketones (excluding diaryl/α,β-unsaturated/α-hetero) is 1. The number of phenolic OH excluding ortho intramolecular Hbond substituents is 5. The average Bonchev–Trinajstić information content (AvgIpc) is 2.78. The summed E-state index contributed by atoms with van der Waals surface area (Å²) in [6, 6.07) is 4.21. The van der Waals surface area contributed by atoms with E-state index in [1.165, 1.54) is 6.07 Å². The Morgan fingerprint density at radius 2 is 1.58 bits per heavy atom. The topological polar surface area (TPSA) is 118 Å². The van der Waals surface area contributed by atoms with E-state index in [1.807, 2.05) is 45.9 Å². The van der Waals surface area contributed by atoms with Crippen molar-refractivity contribution < 1.29 is 30.3 Å². The van der Waals surface area contributed by atoms with Gasteiger partial charge in [-0.15, -0.1) is 0 Å². The second kappa shape index (κ2) is 12.9. The Balaban J connectivity index is 2.24. The van der Waals surface area contributed by atoms with E-state index in [0.717, 1.165) is 23.6 Å². The number of hydrogen-bond acceptors (Lipinski definition) is 6. The molecule has 0 saturated heterocycles. The summed E-state index contributed by atoms with van der Waals surface area (Å²) < 4.78 is 0. The van der Waals surface area contributed by atoms with Gasteiger partial charge in [0.05, 0.1) is 0 Å². The second-order valence-electron chi connectivity index (χ2n) is 9.61. The van der Waals surface area contributed by atoms with Crippen molar-refractivity contribution in [1.82, 2.24) is 0 Å². The first kappa shape index (κ1) is 28.6. The normalized spacial score (nSPS) is 12.6. The summed E-state index contributed by atoms with van der Waals surface area (Å²) in [6.07, 6.45) is 9.57. The molecule has 0 bridgehead atoms. The summed E-state index contributed by atoms with van der Waals surface area (Å²) in [5, 5.41) is 51.7. The predicted octanol–water partition coefficient (Wildman–Crippen LogP) is 6.63. The zero-order valence-corrected chi connectivity index (χ0v) is 21.8. The van der Waals surface area contributed by atoms with Crippen LogP contribution in [0.25, 0.3) is 0 Å². The standard InChI is InChI=1S/C30H38O6/c1-6-7-19(4)14-20(5)9-12-23-25(32)17-26(33)28(30(23)36)24(31)13-10-21-15-22(11-8-18(2)3)29(35)27(34)16-21/h6-9,15-17,19,32-36H,10-14H2,1-5H3/b7-6+,20-9+. The molecule has 2 aromatic carbocycles. The highest BCUT2D eigenvalue weighted by atomic mass is 16.3. The number of phenols is 5. The highest BCUT2D eigenvalue weighted by molar-refractivity contribution is 6.02. The minimum atomic E-state index is -0.493. The molecule has 1 unspecified atom stereocenters. The third-order valence-electron chi connectivity index (χ3n) is 6.06. The van der Waals surface area contributed by atoms with Crippen LogP contribution >= 0.6 is 0 Å². The van der Waals surface area contributed by atoms with E-state index in [-0.39, 0.29) is 47.6 Å². The lowest BCUT2D eigenvalue weighted by molar-refractivity contribution is 0.0977. The molecule has 0 aliphatic heterocycles. The van der Waals surface area contributed by atoms with Gasteiger partial charge in [-0.25, -0.2) is 0 Å². The first-order valence-electron chi connectivity index (χ1n) is 12.2. The Morgan fingerprint density at radius 1 is 0.889 bits per heavy atom. The lowest BCUT2D eigenvalue weighted by Crippen LogP contribution is -2.04. The van der Waals surface area contributed by atoms with Crippen LogP contribution in [-0.4, -0.2) is 31.3 Å². The molecule has 0 heterocycles. The number of carbonyl (C=O) groups is 1. The van der Waals surface area contributed by atoms with Gasteiger partial charge in [0.15, 0.2) is 17.3 Å². The molecule has 6 heteroatoms. The summed E-state index contributed by atoms with van der Waals surface area (Å²) in [4.78, 5) is 13.0. The van der Waals surface area contributed by atoms with Gasteiger partial charge in [-0.2, -0.15) is 0 Å². The third-order valence-corrected chi connectivity index (χ3v) is 6.06. The van der Waals surface area contributed by atoms with Crippen molar-refractivity contribution in [3.8, 4) is 28.7 Å². The highest BCUT2D eigenvalue weighted by Crippen LogP contribution is 2.39. The quantitative estimate of drug-likeness (QED) is 0.136. The minimum absolute atomic E-state index is 0.0482. The maximum atomic E-state index is 13.0. The molecular weight excluding hydrogens is 456 g/mol. The lowest BCUT2D eigenvalue weighted by atomic mass is 9.95. The van der Waals surface area contributed by atoms with Gasteiger partial charge in [-0.1, -0.05) is 48.4 Å². The molecule has 5 N–H and O–H groups in total. The molecule has 194 valence electrons. The Kier molecular flexibility index (Phi) is 10.2. The Labute approximate surface area is 213 Å². The van der Waals surface area contributed by atoms with E-state index >= 15 is 0 Å². The van der Waals surface area contributed by atoms with Gasteiger partial charge < -0.3 is 25.5 Å². The van der Waals surface area contributed by atoms with Gasteiger partial charge in [0, 0.05) is 23.6 Å². The summed E-state index contributed by atoms with van der Waals surface area (Å²) in [5.41, 5.74) is 3.28. The van der Waals surface area contributed by atoms with Crippen LogP contribution in [0.4, 0.5) is 0 Å². The van der Waals surface area contributed by atoms with Crippen LogP contribution in [0.2, 0.25) is 0 Å². The molecule has 0 aliphatic carbocycles. The van der Waals surface area contributed by atoms with Gasteiger partial charge >= 0.3 is 0 Å². The van der Waals surface area contributed by atoms with E-state index in [2.05, 4.69) is 13.0 Å². The van der Waals surface area contributed by atoms with Gasteiger partial charge in [0.25, 0.3) is 0 Å². The van der Waals surface area contributed by atoms with Crippen molar-refractivity contribution in [2.75, 3.05) is 0 Å². The Bertz CT molecular complexity index is 1180. The molecule has 0 spiro atoms. The number of hydrogen-bond donors (Lipinski definition) is 5. The van der Waals surface area contributed by atoms with Crippen LogP contribution < -0.4 is 0 Å². The minimum Gasteiger partial charge on any atom is -0.507 e. The fourth-order valence-corrected chi connectivity index (χ4v) is 4.16. The van der Waals surface area contributed by atoms with Gasteiger partial charge in [-0.3, -0.25) is 4.79 Å². The second-order valence-corrected chi connectivity index (χ2v) is 9.61. The molecule has 0 saturated carbocycles. The van der Waals surface area contributed by atoms with Crippen molar-refractivity contribution in [1.29, 1.82) is 0 Å². The monoisotopic (exact) mass is 494 g/mol. The first-order valence-corrected chi connectivity index (χ1v) is 12.2. The van der Waals surface area contributed by atoms with Gasteiger partial charge in [-0.05, 0) is 70.9 Å². The molecule has 0 aromatic heterocycles. The van der Waals surface area contributed by atoms with Crippen LogP contribution in [0.5, 0.6) is 28.7 Å². The summed E-state index contributed by atoms with van der Waals surface area (Å²) in [7, 11) is 0. The number of rotatable bonds is 11. The Morgan fingerprint density at radius 3 is 2.22 bits per heavy atom. The van der Waals surface area contributed by atoms with Crippen molar-refractivity contribution >= 4 is 5.78 Å². The van der Waals surface area contributed by atoms with Crippen LogP contribution in [0.15, 0.2) is 53.6 Å². The largest absolute Gasteiger partial charge is 0.507 e. The number of aromatic hydroxyl groups is 5. The summed E-state index contributed by atoms with van der Waals surface area (Å²) >= 11 is 0. The fourth-order valence-electron chi connectivity index (χ4n) is 4.16. The lowest BCUT2D eigenvalue weighted by Gasteiger charge is -2.13. The van der Waals surface area contributed by atoms with Crippen LogP contribution in [0, 0.1) is 5.92 Å². The maximum absolute atomic E-state index is 13.0. The van der Waals surface area contributed by atoms with Crippen molar-refractivity contribution in [2.45, 2.75) is 66.7 Å². The zero-order chi connectivity index (χ0) is 27.0. The molecule has 2 rings (SSSR count). The predicted molar refractivity (Wildman–Crippen MR) is 143 cm³/mol. The van der Waals surface area contributed by atoms with Gasteiger partial charge in [0.1, 0.15) is 22.8 Å². The number of benzene rings is 2. The molecule has 2 aromatic rings. The van der Waals surface area contributed by atoms with Gasteiger partial charge in [0.2, 0.25) is 0 Å². The number of ketones is 1. The SMILES string of the molecule is C/C=C/C(C)C/C(C)=C/Cc1c(O)cc(O)c(C(=O)CCc2cc(O)c(O)c(CC=C(C)C)c2)c1O. The molecule has 0 aliphatic rings. The molecule has 0 radical (unpaired) electrons. The van der Waals surface area contributed by atoms with E-state index in [1.54, 1.807) is 6.07 Å². The Hall–Kier alpha value is -3.67. The number of aryl methyl sites for hydroxylation is 1. The van der Waals surface area contributed by atoms with E-state index in [4.69, 9.17) is 0 Å². The summed E-state index contributed by atoms with van der Waals surface area (Å²) in [6.45, 7) is 9.91. The smallest absolute Gasteiger partial charge is 0.170 e. The van der Waals surface area contributed by atoms with E-state index < -0.39 is 17.3 Å². The molecule has 6 nitrogen and oxygen atoms in total. The van der Waals surface area contributed by atoms with Crippen molar-refractivity contribution in [3.63, 3.8) is 0 Å². The molecule has 36 heavy (non-hydrogen) atoms. The van der Waals surface area contributed by atoms with E-state index in [0.29, 0.717) is 23.5 Å². The maximum Gasteiger partial charge on any atom is 0.170 e. The zero-order valence-electron chi connectivity index (χ0n) is 21.8. The molecule has 1 atom stereocenters. The van der Waals surface area contributed by atoms with Crippen LogP contribution in [0.3, 0.4) is 0 Å². The van der Waals surface area contributed by atoms with Crippen molar-refractivity contribution in [2.24, 2.45) is 5.92 Å². The van der Waals surface area contributed by atoms with Crippen LogP contribution in [0.1, 0.15) is 74.5 Å². The highest BCUT2D eigenvalue weighted by Gasteiger charge is 2.22. The van der Waals surface area contributed by atoms with Crippen molar-refractivity contribution in [3.05, 3.63) is 75.9 Å². The average molecular weight is 495 g/mol. The molecule has 0 fully saturated rings.